The average molecular weight is 329 g/mol. The Labute approximate surface area is 145 Å². The maximum absolute atomic E-state index is 12.2. The maximum Gasteiger partial charge on any atom is 0.255 e. The Morgan fingerprint density at radius 1 is 1.12 bits per heavy atom. The van der Waals surface area contributed by atoms with E-state index in [-0.39, 0.29) is 5.91 Å². The van der Waals surface area contributed by atoms with Crippen molar-refractivity contribution < 1.29 is 4.79 Å². The van der Waals surface area contributed by atoms with Crippen LogP contribution in [0, 0.1) is 11.3 Å². The van der Waals surface area contributed by atoms with E-state index in [1.54, 1.807) is 36.7 Å². The summed E-state index contributed by atoms with van der Waals surface area (Å²) in [5.41, 5.74) is 2.79. The molecule has 0 aliphatic carbocycles. The number of hydrogen-bond acceptors (Lipinski definition) is 5. The van der Waals surface area contributed by atoms with Gasteiger partial charge in [-0.25, -0.2) is 4.98 Å². The zero-order valence-corrected chi connectivity index (χ0v) is 13.3. The summed E-state index contributed by atoms with van der Waals surface area (Å²) in [5.74, 6) is 0.506. The molecule has 0 spiro atoms. The second-order valence-electron chi connectivity index (χ2n) is 5.29. The van der Waals surface area contributed by atoms with E-state index in [4.69, 9.17) is 5.26 Å². The quantitative estimate of drug-likeness (QED) is 0.750. The lowest BCUT2D eigenvalue weighted by Crippen LogP contribution is -2.12. The monoisotopic (exact) mass is 329 g/mol. The zero-order valence-electron chi connectivity index (χ0n) is 13.3. The van der Waals surface area contributed by atoms with Crippen LogP contribution in [0.2, 0.25) is 0 Å². The lowest BCUT2D eigenvalue weighted by molar-refractivity contribution is 0.102. The number of rotatable bonds is 5. The van der Waals surface area contributed by atoms with Gasteiger partial charge in [0.15, 0.2) is 0 Å². The molecule has 25 heavy (non-hydrogen) atoms. The number of hydrogen-bond donors (Lipinski definition) is 2. The van der Waals surface area contributed by atoms with Crippen LogP contribution in [0.25, 0.3) is 0 Å². The third-order valence-corrected chi connectivity index (χ3v) is 3.49. The second kappa shape index (κ2) is 7.70. The SMILES string of the molecule is N#Cc1ccc(NCc2cccc(NC(=O)c3ccncc3)c2)nc1. The molecule has 2 N–H and O–H groups in total. The van der Waals surface area contributed by atoms with Crippen molar-refractivity contribution in [1.82, 2.24) is 9.97 Å². The first kappa shape index (κ1) is 16.1. The summed E-state index contributed by atoms with van der Waals surface area (Å²) in [7, 11) is 0. The minimum atomic E-state index is -0.179. The van der Waals surface area contributed by atoms with Crippen molar-refractivity contribution in [3.05, 3.63) is 83.8 Å². The van der Waals surface area contributed by atoms with Crippen molar-refractivity contribution in [3.63, 3.8) is 0 Å². The van der Waals surface area contributed by atoms with Gasteiger partial charge in [-0.05, 0) is 42.0 Å². The number of aromatic nitrogens is 2. The van der Waals surface area contributed by atoms with Crippen molar-refractivity contribution in [2.45, 2.75) is 6.54 Å². The second-order valence-corrected chi connectivity index (χ2v) is 5.29. The van der Waals surface area contributed by atoms with Crippen LogP contribution in [0.15, 0.2) is 67.1 Å². The number of nitriles is 1. The van der Waals surface area contributed by atoms with Gasteiger partial charge in [0.2, 0.25) is 0 Å². The summed E-state index contributed by atoms with van der Waals surface area (Å²) >= 11 is 0. The minimum absolute atomic E-state index is 0.179. The summed E-state index contributed by atoms with van der Waals surface area (Å²) in [6.45, 7) is 0.553. The highest BCUT2D eigenvalue weighted by atomic mass is 16.1. The molecule has 3 rings (SSSR count). The molecule has 0 aliphatic rings. The molecule has 0 atom stereocenters. The molecular weight excluding hydrogens is 314 g/mol. The standard InChI is InChI=1S/C19H15N5O/c20-11-15-4-5-18(23-13-15)22-12-14-2-1-3-17(10-14)24-19(25)16-6-8-21-9-7-16/h1-10,13H,12H2,(H,22,23)(H,24,25). The van der Waals surface area contributed by atoms with Crippen LogP contribution in [0.3, 0.4) is 0 Å². The van der Waals surface area contributed by atoms with Gasteiger partial charge in [0.1, 0.15) is 11.9 Å². The van der Waals surface area contributed by atoms with Crippen LogP contribution in [0.1, 0.15) is 21.5 Å². The van der Waals surface area contributed by atoms with Crippen LogP contribution >= 0.6 is 0 Å². The average Bonchev–Trinajstić information content (AvgIpc) is 2.68. The molecule has 1 aromatic carbocycles. The van der Waals surface area contributed by atoms with Gasteiger partial charge >= 0.3 is 0 Å². The Kier molecular flexibility index (Phi) is 4.98. The van der Waals surface area contributed by atoms with Crippen molar-refractivity contribution >= 4 is 17.4 Å². The van der Waals surface area contributed by atoms with Crippen molar-refractivity contribution in [3.8, 4) is 6.07 Å². The molecule has 6 heteroatoms. The Balaban J connectivity index is 1.63. The van der Waals surface area contributed by atoms with Gasteiger partial charge < -0.3 is 10.6 Å². The highest BCUT2D eigenvalue weighted by Crippen LogP contribution is 2.14. The van der Waals surface area contributed by atoms with Crippen LogP contribution in [-0.4, -0.2) is 15.9 Å². The first-order chi connectivity index (χ1) is 12.2. The lowest BCUT2D eigenvalue weighted by Gasteiger charge is -2.09. The first-order valence-corrected chi connectivity index (χ1v) is 7.65. The predicted molar refractivity (Wildman–Crippen MR) is 94.9 cm³/mol. The molecule has 6 nitrogen and oxygen atoms in total. The molecule has 122 valence electrons. The number of nitrogens with one attached hydrogen (secondary N) is 2. The van der Waals surface area contributed by atoms with Crippen LogP contribution in [0.5, 0.6) is 0 Å². The van der Waals surface area contributed by atoms with E-state index in [1.807, 2.05) is 30.3 Å². The molecule has 0 saturated carbocycles. The minimum Gasteiger partial charge on any atom is -0.366 e. The van der Waals surface area contributed by atoms with E-state index >= 15 is 0 Å². The Morgan fingerprint density at radius 3 is 2.68 bits per heavy atom. The fourth-order valence-corrected chi connectivity index (χ4v) is 2.22. The number of amides is 1. The first-order valence-electron chi connectivity index (χ1n) is 7.65. The van der Waals surface area contributed by atoms with E-state index in [2.05, 4.69) is 20.6 Å². The number of carbonyl (C=O) groups is 1. The number of pyridine rings is 2. The van der Waals surface area contributed by atoms with Gasteiger partial charge in [-0.1, -0.05) is 12.1 Å². The third kappa shape index (κ3) is 4.39. The van der Waals surface area contributed by atoms with Crippen LogP contribution < -0.4 is 10.6 Å². The smallest absolute Gasteiger partial charge is 0.255 e. The topological polar surface area (TPSA) is 90.7 Å². The third-order valence-electron chi connectivity index (χ3n) is 3.49. The highest BCUT2D eigenvalue weighted by molar-refractivity contribution is 6.04. The fourth-order valence-electron chi connectivity index (χ4n) is 2.22. The van der Waals surface area contributed by atoms with E-state index in [0.29, 0.717) is 29.2 Å². The summed E-state index contributed by atoms with van der Waals surface area (Å²) < 4.78 is 0. The van der Waals surface area contributed by atoms with Crippen molar-refractivity contribution in [1.29, 1.82) is 5.26 Å². The molecule has 1 amide bonds. The molecule has 0 radical (unpaired) electrons. The zero-order chi connectivity index (χ0) is 17.5. The number of carbonyl (C=O) groups excluding carboxylic acids is 1. The largest absolute Gasteiger partial charge is 0.366 e. The molecule has 0 bridgehead atoms. The molecule has 0 saturated heterocycles. The van der Waals surface area contributed by atoms with Crippen molar-refractivity contribution in [2.24, 2.45) is 0 Å². The Hall–Kier alpha value is -3.72. The normalized spacial score (nSPS) is 9.88. The number of benzene rings is 1. The molecule has 0 aliphatic heterocycles. The molecule has 0 unspecified atom stereocenters. The van der Waals surface area contributed by atoms with E-state index < -0.39 is 0 Å². The van der Waals surface area contributed by atoms with Gasteiger partial charge in [0.05, 0.1) is 5.56 Å². The van der Waals surface area contributed by atoms with Crippen LogP contribution in [0.4, 0.5) is 11.5 Å². The number of nitrogens with zero attached hydrogens (tertiary/aromatic N) is 3. The van der Waals surface area contributed by atoms with Gasteiger partial charge in [0, 0.05) is 36.4 Å². The van der Waals surface area contributed by atoms with E-state index in [1.165, 1.54) is 6.20 Å². The fraction of sp³-hybridized carbons (Fsp3) is 0.0526. The molecule has 2 heterocycles. The summed E-state index contributed by atoms with van der Waals surface area (Å²) in [6, 6.07) is 16.4. The Bertz CT molecular complexity index is 901. The summed E-state index contributed by atoms with van der Waals surface area (Å²) in [5, 5.41) is 14.8. The summed E-state index contributed by atoms with van der Waals surface area (Å²) in [6.07, 6.45) is 4.69. The van der Waals surface area contributed by atoms with E-state index in [0.717, 1.165) is 5.56 Å². The predicted octanol–water partition coefficient (Wildman–Crippen LogP) is 3.21. The Morgan fingerprint density at radius 2 is 1.96 bits per heavy atom. The molecule has 2 aromatic heterocycles. The molecule has 0 fully saturated rings. The van der Waals surface area contributed by atoms with Gasteiger partial charge in [-0.15, -0.1) is 0 Å². The van der Waals surface area contributed by atoms with E-state index in [9.17, 15) is 4.79 Å². The lowest BCUT2D eigenvalue weighted by atomic mass is 10.2. The van der Waals surface area contributed by atoms with Gasteiger partial charge in [-0.3, -0.25) is 9.78 Å². The highest BCUT2D eigenvalue weighted by Gasteiger charge is 2.06. The van der Waals surface area contributed by atoms with Crippen LogP contribution in [-0.2, 0) is 6.54 Å². The molecule has 3 aromatic rings. The van der Waals surface area contributed by atoms with Gasteiger partial charge in [-0.2, -0.15) is 5.26 Å². The number of anilines is 2. The van der Waals surface area contributed by atoms with Crippen molar-refractivity contribution in [2.75, 3.05) is 10.6 Å². The van der Waals surface area contributed by atoms with Gasteiger partial charge in [0.25, 0.3) is 5.91 Å². The summed E-state index contributed by atoms with van der Waals surface area (Å²) in [4.78, 5) is 20.2. The maximum atomic E-state index is 12.2. The molecular formula is C19H15N5O.